The predicted molar refractivity (Wildman–Crippen MR) is 59.5 cm³/mol. The number of thiophene rings is 1. The summed E-state index contributed by atoms with van der Waals surface area (Å²) < 4.78 is 0. The van der Waals surface area contributed by atoms with Gasteiger partial charge in [-0.3, -0.25) is 0 Å². The van der Waals surface area contributed by atoms with Crippen molar-refractivity contribution in [1.29, 1.82) is 0 Å². The first-order valence-electron chi connectivity index (χ1n) is 4.00. The smallest absolute Gasteiger partial charge is 0.130 e. The van der Waals surface area contributed by atoms with Crippen LogP contribution in [-0.4, -0.2) is 9.97 Å². The van der Waals surface area contributed by atoms with E-state index in [2.05, 4.69) is 9.97 Å². The zero-order valence-electron chi connectivity index (χ0n) is 7.49. The largest absolute Gasteiger partial charge is 0.383 e. The van der Waals surface area contributed by atoms with Gasteiger partial charge in [-0.15, -0.1) is 11.3 Å². The normalized spacial score (nSPS) is 10.4. The van der Waals surface area contributed by atoms with Gasteiger partial charge in [0.05, 0.1) is 15.6 Å². The van der Waals surface area contributed by atoms with Crippen molar-refractivity contribution in [1.82, 2.24) is 9.97 Å². The second kappa shape index (κ2) is 3.55. The van der Waals surface area contributed by atoms with E-state index in [0.29, 0.717) is 10.8 Å². The lowest BCUT2D eigenvalue weighted by Crippen LogP contribution is -1.97. The Labute approximate surface area is 90.6 Å². The minimum absolute atomic E-state index is 0.500. The number of anilines is 1. The first-order chi connectivity index (χ1) is 6.70. The summed E-state index contributed by atoms with van der Waals surface area (Å²) >= 11 is 7.56. The van der Waals surface area contributed by atoms with E-state index in [1.165, 1.54) is 6.33 Å². The third kappa shape index (κ3) is 1.47. The zero-order chi connectivity index (χ0) is 10.1. The molecule has 2 N–H and O–H groups in total. The molecular weight excluding hydrogens is 218 g/mol. The second-order valence-electron chi connectivity index (χ2n) is 2.83. The van der Waals surface area contributed by atoms with Gasteiger partial charge in [-0.25, -0.2) is 9.97 Å². The van der Waals surface area contributed by atoms with Crippen LogP contribution in [0.25, 0.3) is 10.6 Å². The topological polar surface area (TPSA) is 51.8 Å². The van der Waals surface area contributed by atoms with Crippen LogP contribution in [0.15, 0.2) is 17.8 Å². The van der Waals surface area contributed by atoms with E-state index in [4.69, 9.17) is 17.3 Å². The minimum atomic E-state index is 0.500. The highest BCUT2D eigenvalue weighted by molar-refractivity contribution is 7.14. The van der Waals surface area contributed by atoms with Crippen LogP contribution in [-0.2, 0) is 0 Å². The maximum absolute atomic E-state index is 6.01. The Kier molecular flexibility index (Phi) is 2.39. The SMILES string of the molecule is Cc1c(N)ncnc1-c1sccc1Cl. The maximum Gasteiger partial charge on any atom is 0.130 e. The Morgan fingerprint density at radius 3 is 2.86 bits per heavy atom. The molecule has 72 valence electrons. The Morgan fingerprint density at radius 1 is 1.43 bits per heavy atom. The van der Waals surface area contributed by atoms with Crippen molar-refractivity contribution < 1.29 is 0 Å². The van der Waals surface area contributed by atoms with Crippen molar-refractivity contribution in [2.24, 2.45) is 0 Å². The highest BCUT2D eigenvalue weighted by Crippen LogP contribution is 2.34. The number of aromatic nitrogens is 2. The van der Waals surface area contributed by atoms with Crippen LogP contribution in [0.1, 0.15) is 5.56 Å². The summed E-state index contributed by atoms with van der Waals surface area (Å²) in [4.78, 5) is 9.03. The fourth-order valence-electron chi connectivity index (χ4n) is 1.16. The quantitative estimate of drug-likeness (QED) is 0.812. The van der Waals surface area contributed by atoms with Gasteiger partial charge in [-0.1, -0.05) is 11.6 Å². The molecule has 2 aromatic rings. The monoisotopic (exact) mass is 225 g/mol. The van der Waals surface area contributed by atoms with Crippen molar-refractivity contribution in [3.63, 3.8) is 0 Å². The van der Waals surface area contributed by atoms with Crippen LogP contribution >= 0.6 is 22.9 Å². The number of hydrogen-bond donors (Lipinski definition) is 1. The summed E-state index contributed by atoms with van der Waals surface area (Å²) in [6.07, 6.45) is 1.45. The second-order valence-corrected chi connectivity index (χ2v) is 4.15. The summed E-state index contributed by atoms with van der Waals surface area (Å²) in [5.74, 6) is 0.500. The molecule has 5 heteroatoms. The summed E-state index contributed by atoms with van der Waals surface area (Å²) in [5.41, 5.74) is 7.38. The number of nitrogens with zero attached hydrogens (tertiary/aromatic N) is 2. The minimum Gasteiger partial charge on any atom is -0.383 e. The van der Waals surface area contributed by atoms with Crippen molar-refractivity contribution in [3.05, 3.63) is 28.4 Å². The van der Waals surface area contributed by atoms with E-state index in [9.17, 15) is 0 Å². The molecule has 0 bridgehead atoms. The van der Waals surface area contributed by atoms with Crippen LogP contribution < -0.4 is 5.73 Å². The Bertz CT molecular complexity index is 467. The lowest BCUT2D eigenvalue weighted by atomic mass is 10.2. The van der Waals surface area contributed by atoms with Crippen LogP contribution in [0.4, 0.5) is 5.82 Å². The molecule has 2 aromatic heterocycles. The Balaban J connectivity index is 2.63. The third-order valence-electron chi connectivity index (χ3n) is 1.96. The molecule has 0 fully saturated rings. The zero-order valence-corrected chi connectivity index (χ0v) is 9.06. The Morgan fingerprint density at radius 2 is 2.21 bits per heavy atom. The highest BCUT2D eigenvalue weighted by atomic mass is 35.5. The van der Waals surface area contributed by atoms with Crippen molar-refractivity contribution in [3.8, 4) is 10.6 Å². The molecule has 2 heterocycles. The molecule has 2 rings (SSSR count). The van der Waals surface area contributed by atoms with Gasteiger partial charge in [0, 0.05) is 5.56 Å². The van der Waals surface area contributed by atoms with Gasteiger partial charge in [0.2, 0.25) is 0 Å². The molecule has 0 amide bonds. The van der Waals surface area contributed by atoms with Crippen molar-refractivity contribution >= 4 is 28.8 Å². The molecule has 0 radical (unpaired) electrons. The Hall–Kier alpha value is -1.13. The third-order valence-corrected chi connectivity index (χ3v) is 3.30. The van der Waals surface area contributed by atoms with Gasteiger partial charge < -0.3 is 5.73 Å². The summed E-state index contributed by atoms with van der Waals surface area (Å²) in [5, 5.41) is 2.63. The maximum atomic E-state index is 6.01. The van der Waals surface area contributed by atoms with E-state index in [1.807, 2.05) is 18.4 Å². The number of hydrogen-bond acceptors (Lipinski definition) is 4. The number of nitrogens with two attached hydrogens (primary N) is 1. The van der Waals surface area contributed by atoms with E-state index in [0.717, 1.165) is 16.1 Å². The molecule has 0 aliphatic rings. The van der Waals surface area contributed by atoms with E-state index >= 15 is 0 Å². The molecule has 0 aliphatic carbocycles. The number of nitrogen functional groups attached to an aromatic ring is 1. The van der Waals surface area contributed by atoms with Gasteiger partial charge >= 0.3 is 0 Å². The average Bonchev–Trinajstić information content (AvgIpc) is 2.57. The fourth-order valence-corrected chi connectivity index (χ4v) is 2.35. The first-order valence-corrected chi connectivity index (χ1v) is 5.26. The van der Waals surface area contributed by atoms with E-state index in [-0.39, 0.29) is 0 Å². The first kappa shape index (κ1) is 9.43. The molecule has 0 atom stereocenters. The number of rotatable bonds is 1. The van der Waals surface area contributed by atoms with E-state index < -0.39 is 0 Å². The highest BCUT2D eigenvalue weighted by Gasteiger charge is 2.11. The lowest BCUT2D eigenvalue weighted by Gasteiger charge is -2.04. The van der Waals surface area contributed by atoms with Gasteiger partial charge in [0.25, 0.3) is 0 Å². The van der Waals surface area contributed by atoms with Crippen LogP contribution in [0.5, 0.6) is 0 Å². The molecule has 0 unspecified atom stereocenters. The van der Waals surface area contributed by atoms with Gasteiger partial charge in [0.1, 0.15) is 12.1 Å². The van der Waals surface area contributed by atoms with Crippen LogP contribution in [0.2, 0.25) is 5.02 Å². The lowest BCUT2D eigenvalue weighted by molar-refractivity contribution is 1.15. The fraction of sp³-hybridized carbons (Fsp3) is 0.111. The number of halogens is 1. The van der Waals surface area contributed by atoms with Gasteiger partial charge in [-0.05, 0) is 18.4 Å². The molecule has 0 saturated heterocycles. The van der Waals surface area contributed by atoms with Crippen molar-refractivity contribution in [2.75, 3.05) is 5.73 Å². The average molecular weight is 226 g/mol. The summed E-state index contributed by atoms with van der Waals surface area (Å²) in [6.45, 7) is 1.89. The van der Waals surface area contributed by atoms with Crippen LogP contribution in [0.3, 0.4) is 0 Å². The summed E-state index contributed by atoms with van der Waals surface area (Å²) in [6, 6.07) is 1.85. The molecule has 0 saturated carbocycles. The van der Waals surface area contributed by atoms with Gasteiger partial charge in [-0.2, -0.15) is 0 Å². The molecule has 0 aliphatic heterocycles. The summed E-state index contributed by atoms with van der Waals surface area (Å²) in [7, 11) is 0. The molecular formula is C9H8ClN3S. The van der Waals surface area contributed by atoms with Crippen LogP contribution in [0, 0.1) is 6.92 Å². The molecule has 14 heavy (non-hydrogen) atoms. The van der Waals surface area contributed by atoms with Gasteiger partial charge in [0.15, 0.2) is 0 Å². The molecule has 3 nitrogen and oxygen atoms in total. The molecule has 0 aromatic carbocycles. The predicted octanol–water partition coefficient (Wildman–Crippen LogP) is 2.75. The standard InChI is InChI=1S/C9H8ClN3S/c1-5-7(12-4-13-9(5)11)8-6(10)2-3-14-8/h2-4H,1H3,(H2,11,12,13). The van der Waals surface area contributed by atoms with Crippen molar-refractivity contribution in [2.45, 2.75) is 6.92 Å². The molecule has 0 spiro atoms. The van der Waals surface area contributed by atoms with E-state index in [1.54, 1.807) is 11.3 Å².